The minimum absolute atomic E-state index is 0.842. The molecule has 0 fully saturated rings. The van der Waals surface area contributed by atoms with Crippen molar-refractivity contribution in [1.29, 1.82) is 0 Å². The molecule has 74 valence electrons. The second-order valence-electron chi connectivity index (χ2n) is 3.33. The van der Waals surface area contributed by atoms with Gasteiger partial charge in [-0.3, -0.25) is 4.68 Å². The molecule has 2 aromatic rings. The van der Waals surface area contributed by atoms with Crippen molar-refractivity contribution in [3.63, 3.8) is 0 Å². The molecular weight excluding hydrogens is 176 g/mol. The Labute approximate surface area is 83.2 Å². The minimum Gasteiger partial charge on any atom is -0.332 e. The summed E-state index contributed by atoms with van der Waals surface area (Å²) >= 11 is 0. The van der Waals surface area contributed by atoms with E-state index in [1.54, 1.807) is 6.20 Å². The van der Waals surface area contributed by atoms with Crippen LogP contribution >= 0.6 is 0 Å². The number of hydrogen-bond acceptors (Lipinski definition) is 2. The SMILES string of the molecule is CCn1nc(C)cc1Cn1ccnc1. The molecule has 2 heterocycles. The van der Waals surface area contributed by atoms with Crippen molar-refractivity contribution < 1.29 is 0 Å². The summed E-state index contributed by atoms with van der Waals surface area (Å²) < 4.78 is 4.07. The van der Waals surface area contributed by atoms with Gasteiger partial charge >= 0.3 is 0 Å². The van der Waals surface area contributed by atoms with E-state index in [1.807, 2.05) is 28.7 Å². The van der Waals surface area contributed by atoms with Crippen molar-refractivity contribution >= 4 is 0 Å². The predicted octanol–water partition coefficient (Wildman–Crippen LogP) is 1.46. The van der Waals surface area contributed by atoms with Crippen LogP contribution in [0.3, 0.4) is 0 Å². The molecule has 0 radical (unpaired) electrons. The number of nitrogens with zero attached hydrogens (tertiary/aromatic N) is 4. The lowest BCUT2D eigenvalue weighted by Crippen LogP contribution is -2.06. The Hall–Kier alpha value is -1.58. The Morgan fingerprint density at radius 2 is 2.29 bits per heavy atom. The van der Waals surface area contributed by atoms with Crippen LogP contribution in [0.2, 0.25) is 0 Å². The highest BCUT2D eigenvalue weighted by molar-refractivity contribution is 5.09. The molecule has 0 aliphatic heterocycles. The number of aromatic nitrogens is 4. The highest BCUT2D eigenvalue weighted by Gasteiger charge is 2.03. The normalized spacial score (nSPS) is 10.7. The quantitative estimate of drug-likeness (QED) is 0.734. The largest absolute Gasteiger partial charge is 0.332 e. The van der Waals surface area contributed by atoms with Crippen molar-refractivity contribution in [2.24, 2.45) is 0 Å². The fourth-order valence-corrected chi connectivity index (χ4v) is 1.57. The Morgan fingerprint density at radius 1 is 1.43 bits per heavy atom. The molecule has 0 unspecified atom stereocenters. The van der Waals surface area contributed by atoms with Crippen LogP contribution in [-0.2, 0) is 13.1 Å². The molecule has 0 aromatic carbocycles. The van der Waals surface area contributed by atoms with E-state index in [9.17, 15) is 0 Å². The molecule has 0 bridgehead atoms. The van der Waals surface area contributed by atoms with Gasteiger partial charge in [0, 0.05) is 18.9 Å². The number of hydrogen-bond donors (Lipinski definition) is 0. The van der Waals surface area contributed by atoms with Gasteiger partial charge in [-0.1, -0.05) is 0 Å². The van der Waals surface area contributed by atoms with E-state index in [-0.39, 0.29) is 0 Å². The molecule has 0 N–H and O–H groups in total. The van der Waals surface area contributed by atoms with Crippen LogP contribution in [-0.4, -0.2) is 19.3 Å². The van der Waals surface area contributed by atoms with Crippen molar-refractivity contribution in [2.45, 2.75) is 26.9 Å². The van der Waals surface area contributed by atoms with Crippen LogP contribution in [0.5, 0.6) is 0 Å². The molecule has 2 aromatic heterocycles. The molecule has 4 nitrogen and oxygen atoms in total. The highest BCUT2D eigenvalue weighted by atomic mass is 15.3. The molecule has 0 amide bonds. The lowest BCUT2D eigenvalue weighted by Gasteiger charge is -2.04. The van der Waals surface area contributed by atoms with Crippen LogP contribution < -0.4 is 0 Å². The smallest absolute Gasteiger partial charge is 0.0949 e. The van der Waals surface area contributed by atoms with Crippen LogP contribution in [0.15, 0.2) is 24.8 Å². The van der Waals surface area contributed by atoms with E-state index in [1.165, 1.54) is 5.69 Å². The summed E-state index contributed by atoms with van der Waals surface area (Å²) in [7, 11) is 0. The second kappa shape index (κ2) is 3.65. The fourth-order valence-electron chi connectivity index (χ4n) is 1.57. The molecule has 0 saturated heterocycles. The zero-order chi connectivity index (χ0) is 9.97. The summed E-state index contributed by atoms with van der Waals surface area (Å²) in [4.78, 5) is 4.01. The lowest BCUT2D eigenvalue weighted by atomic mass is 10.3. The summed E-state index contributed by atoms with van der Waals surface area (Å²) in [5.41, 5.74) is 2.30. The van der Waals surface area contributed by atoms with Crippen molar-refractivity contribution in [3.8, 4) is 0 Å². The highest BCUT2D eigenvalue weighted by Crippen LogP contribution is 2.05. The Morgan fingerprint density at radius 3 is 2.93 bits per heavy atom. The monoisotopic (exact) mass is 190 g/mol. The first-order valence-electron chi connectivity index (χ1n) is 4.78. The maximum atomic E-state index is 4.39. The van der Waals surface area contributed by atoms with Gasteiger partial charge in [0.1, 0.15) is 0 Å². The minimum atomic E-state index is 0.842. The van der Waals surface area contributed by atoms with E-state index in [2.05, 4.69) is 23.1 Å². The summed E-state index contributed by atoms with van der Waals surface area (Å²) in [5, 5.41) is 4.39. The first kappa shape index (κ1) is 8.99. The topological polar surface area (TPSA) is 35.6 Å². The van der Waals surface area contributed by atoms with Gasteiger partial charge in [0.25, 0.3) is 0 Å². The van der Waals surface area contributed by atoms with Gasteiger partial charge in [-0.25, -0.2) is 4.98 Å². The van der Waals surface area contributed by atoms with Crippen LogP contribution in [0.1, 0.15) is 18.3 Å². The maximum absolute atomic E-state index is 4.39. The zero-order valence-electron chi connectivity index (χ0n) is 8.51. The van der Waals surface area contributed by atoms with Gasteiger partial charge in [0.05, 0.1) is 24.3 Å². The first-order chi connectivity index (χ1) is 6.79. The van der Waals surface area contributed by atoms with Crippen molar-refractivity contribution in [1.82, 2.24) is 19.3 Å². The van der Waals surface area contributed by atoms with E-state index >= 15 is 0 Å². The van der Waals surface area contributed by atoms with Crippen molar-refractivity contribution in [2.75, 3.05) is 0 Å². The lowest BCUT2D eigenvalue weighted by molar-refractivity contribution is 0.597. The zero-order valence-corrected chi connectivity index (χ0v) is 8.51. The predicted molar refractivity (Wildman–Crippen MR) is 54.0 cm³/mol. The molecule has 4 heteroatoms. The van der Waals surface area contributed by atoms with Crippen molar-refractivity contribution in [3.05, 3.63) is 36.2 Å². The van der Waals surface area contributed by atoms with Gasteiger partial charge in [-0.2, -0.15) is 5.10 Å². The van der Waals surface area contributed by atoms with E-state index in [0.29, 0.717) is 0 Å². The molecule has 2 rings (SSSR count). The second-order valence-corrected chi connectivity index (χ2v) is 3.33. The Kier molecular flexibility index (Phi) is 2.35. The van der Waals surface area contributed by atoms with Gasteiger partial charge in [0.15, 0.2) is 0 Å². The first-order valence-corrected chi connectivity index (χ1v) is 4.78. The molecular formula is C10H14N4. The Balaban J connectivity index is 2.23. The molecule has 14 heavy (non-hydrogen) atoms. The summed E-state index contributed by atoms with van der Waals surface area (Å²) in [5.74, 6) is 0. The Bertz CT molecular complexity index is 400. The van der Waals surface area contributed by atoms with Crippen LogP contribution in [0, 0.1) is 6.92 Å². The molecule has 0 aliphatic carbocycles. The van der Waals surface area contributed by atoms with Gasteiger partial charge < -0.3 is 4.57 Å². The molecule has 0 aliphatic rings. The molecule has 0 atom stereocenters. The van der Waals surface area contributed by atoms with E-state index in [0.717, 1.165) is 18.8 Å². The van der Waals surface area contributed by atoms with Gasteiger partial charge in [-0.15, -0.1) is 0 Å². The average molecular weight is 190 g/mol. The molecule has 0 saturated carbocycles. The van der Waals surface area contributed by atoms with E-state index in [4.69, 9.17) is 0 Å². The number of imidazole rings is 1. The third-order valence-electron chi connectivity index (χ3n) is 2.19. The van der Waals surface area contributed by atoms with E-state index < -0.39 is 0 Å². The fraction of sp³-hybridized carbons (Fsp3) is 0.400. The maximum Gasteiger partial charge on any atom is 0.0949 e. The van der Waals surface area contributed by atoms with Crippen LogP contribution in [0.25, 0.3) is 0 Å². The van der Waals surface area contributed by atoms with Crippen LogP contribution in [0.4, 0.5) is 0 Å². The number of rotatable bonds is 3. The van der Waals surface area contributed by atoms with Gasteiger partial charge in [-0.05, 0) is 19.9 Å². The average Bonchev–Trinajstić information content (AvgIpc) is 2.76. The summed E-state index contributed by atoms with van der Waals surface area (Å²) in [6, 6.07) is 2.11. The standard InChI is InChI=1S/C10H14N4/c1-3-14-10(6-9(2)12-14)7-13-5-4-11-8-13/h4-6,8H,3,7H2,1-2H3. The third kappa shape index (κ3) is 1.69. The number of aryl methyl sites for hydroxylation is 2. The molecule has 0 spiro atoms. The third-order valence-corrected chi connectivity index (χ3v) is 2.19. The van der Waals surface area contributed by atoms with Gasteiger partial charge in [0.2, 0.25) is 0 Å². The summed E-state index contributed by atoms with van der Waals surface area (Å²) in [6.07, 6.45) is 5.57. The summed E-state index contributed by atoms with van der Waals surface area (Å²) in [6.45, 7) is 5.87.